The molecule has 2 aromatic carbocycles. The van der Waals surface area contributed by atoms with Crippen LogP contribution < -0.4 is 4.90 Å². The average Bonchev–Trinajstić information content (AvgIpc) is 2.73. The number of β-amino-alcohol motifs (C(OH)–C–C–N with tert-alkyl or cyclic N) is 1. The predicted molar refractivity (Wildman–Crippen MR) is 116 cm³/mol. The minimum Gasteiger partial charge on any atom is -0.395 e. The Morgan fingerprint density at radius 2 is 1.48 bits per heavy atom. The number of piperazine rings is 1. The molecule has 2 aliphatic rings. The predicted octanol–water partition coefficient (Wildman–Crippen LogP) is 4.46. The Morgan fingerprint density at radius 3 is 2.16 bits per heavy atom. The summed E-state index contributed by atoms with van der Waals surface area (Å²) in [6.07, 6.45) is -3.48. The summed E-state index contributed by atoms with van der Waals surface area (Å²) in [6.45, 7) is 6.29. The molecular weight excluding hydrogens is 430 g/mol. The molecule has 31 heavy (non-hydrogen) atoms. The van der Waals surface area contributed by atoms with E-state index in [2.05, 4.69) is 9.80 Å². The van der Waals surface area contributed by atoms with Crippen molar-refractivity contribution in [2.75, 3.05) is 57.3 Å². The van der Waals surface area contributed by atoms with Crippen LogP contribution in [-0.2, 0) is 6.18 Å². The Hall–Kier alpha value is -1.81. The summed E-state index contributed by atoms with van der Waals surface area (Å²) in [5, 5.41) is 9.07. The molecule has 2 aromatic rings. The van der Waals surface area contributed by atoms with E-state index in [1.165, 1.54) is 23.9 Å². The molecule has 2 aliphatic heterocycles. The van der Waals surface area contributed by atoms with Crippen LogP contribution in [0.3, 0.4) is 0 Å². The minimum atomic E-state index is -4.35. The Morgan fingerprint density at radius 1 is 0.839 bits per heavy atom. The standard InChI is InChI=1S/C22H26F3N3OS.FH/c23-22(24,25)17-6-7-21-19(16-17)28(18-4-1-2-5-20(18)30-21)9-3-8-26-10-12-27(13-11-26)14-15-29;/h1-2,4-7,16,29H,3,8-15H2;1H. The summed E-state index contributed by atoms with van der Waals surface area (Å²) >= 11 is 1.53. The Bertz CT molecular complexity index is 872. The monoisotopic (exact) mass is 457 g/mol. The number of halogens is 4. The van der Waals surface area contributed by atoms with Gasteiger partial charge in [0.05, 0.1) is 23.5 Å². The van der Waals surface area contributed by atoms with Crippen LogP contribution in [-0.4, -0.2) is 67.3 Å². The van der Waals surface area contributed by atoms with E-state index in [1.54, 1.807) is 6.07 Å². The number of hydrogen-bond acceptors (Lipinski definition) is 5. The lowest BCUT2D eigenvalue weighted by Crippen LogP contribution is -2.47. The van der Waals surface area contributed by atoms with Gasteiger partial charge >= 0.3 is 6.18 Å². The van der Waals surface area contributed by atoms with Crippen molar-refractivity contribution in [1.82, 2.24) is 9.80 Å². The van der Waals surface area contributed by atoms with Crippen LogP contribution in [0, 0.1) is 0 Å². The van der Waals surface area contributed by atoms with Gasteiger partial charge in [-0.05, 0) is 43.3 Å². The molecule has 0 aromatic heterocycles. The number of fused-ring (bicyclic) bond motifs is 2. The van der Waals surface area contributed by atoms with Crippen molar-refractivity contribution >= 4 is 23.1 Å². The van der Waals surface area contributed by atoms with Gasteiger partial charge in [0.15, 0.2) is 0 Å². The minimum absolute atomic E-state index is 0. The van der Waals surface area contributed by atoms with E-state index in [9.17, 15) is 13.2 Å². The largest absolute Gasteiger partial charge is 0.416 e. The molecule has 0 spiro atoms. The van der Waals surface area contributed by atoms with Crippen LogP contribution in [0.25, 0.3) is 0 Å². The highest BCUT2D eigenvalue weighted by molar-refractivity contribution is 7.99. The number of alkyl halides is 3. The SMILES string of the molecule is F.OCCN1CCN(CCCN2c3ccccc3Sc3ccc(C(F)(F)F)cc32)CC1. The maximum atomic E-state index is 13.3. The molecule has 4 rings (SSSR count). The zero-order valence-corrected chi connectivity index (χ0v) is 18.0. The fourth-order valence-corrected chi connectivity index (χ4v) is 5.15. The van der Waals surface area contributed by atoms with Gasteiger partial charge in [-0.25, -0.2) is 0 Å². The van der Waals surface area contributed by atoms with Crippen LogP contribution >= 0.6 is 11.8 Å². The van der Waals surface area contributed by atoms with E-state index < -0.39 is 11.7 Å². The van der Waals surface area contributed by atoms with E-state index in [0.717, 1.165) is 54.6 Å². The third-order valence-electron chi connectivity index (χ3n) is 5.69. The number of rotatable bonds is 6. The topological polar surface area (TPSA) is 30.0 Å². The fraction of sp³-hybridized carbons (Fsp3) is 0.455. The third kappa shape index (κ3) is 5.52. The molecule has 4 nitrogen and oxygen atoms in total. The molecule has 1 fully saturated rings. The van der Waals surface area contributed by atoms with Crippen molar-refractivity contribution < 1.29 is 23.0 Å². The molecule has 0 radical (unpaired) electrons. The first kappa shape index (κ1) is 23.8. The van der Waals surface area contributed by atoms with E-state index >= 15 is 0 Å². The summed E-state index contributed by atoms with van der Waals surface area (Å²) in [4.78, 5) is 8.62. The second kappa shape index (κ2) is 10.2. The molecule has 170 valence electrons. The first-order valence-corrected chi connectivity index (χ1v) is 11.1. The molecular formula is C22H27F4N3OS. The average molecular weight is 458 g/mol. The van der Waals surface area contributed by atoms with Crippen LogP contribution in [0.4, 0.5) is 29.3 Å². The molecule has 2 heterocycles. The van der Waals surface area contributed by atoms with Gasteiger partial charge in [-0.3, -0.25) is 9.60 Å². The molecule has 1 saturated heterocycles. The van der Waals surface area contributed by atoms with Gasteiger partial charge in [-0.2, -0.15) is 13.2 Å². The zero-order chi connectivity index (χ0) is 21.1. The second-order valence-corrected chi connectivity index (χ2v) is 8.75. The molecule has 0 amide bonds. The molecule has 9 heteroatoms. The van der Waals surface area contributed by atoms with E-state index in [0.29, 0.717) is 18.8 Å². The normalized spacial score (nSPS) is 17.1. The molecule has 0 aliphatic carbocycles. The van der Waals surface area contributed by atoms with Crippen LogP contribution in [0.2, 0.25) is 0 Å². The molecule has 0 saturated carbocycles. The molecule has 0 bridgehead atoms. The highest BCUT2D eigenvalue weighted by atomic mass is 32.2. The van der Waals surface area contributed by atoms with Gasteiger partial charge in [-0.15, -0.1) is 0 Å². The molecule has 0 atom stereocenters. The Kier molecular flexibility index (Phi) is 7.85. The first-order valence-electron chi connectivity index (χ1n) is 10.3. The smallest absolute Gasteiger partial charge is 0.395 e. The number of aliphatic hydroxyl groups excluding tert-OH is 1. The van der Waals surface area contributed by atoms with Crippen molar-refractivity contribution in [3.05, 3.63) is 48.0 Å². The maximum absolute atomic E-state index is 13.3. The summed E-state index contributed by atoms with van der Waals surface area (Å²) in [6, 6.07) is 11.9. The lowest BCUT2D eigenvalue weighted by atomic mass is 10.1. The van der Waals surface area contributed by atoms with Crippen molar-refractivity contribution in [3.8, 4) is 0 Å². The Balaban J connectivity index is 0.00000272. The summed E-state index contributed by atoms with van der Waals surface area (Å²) in [5.74, 6) is 0. The molecule has 1 N–H and O–H groups in total. The number of hydrogen-bond donors (Lipinski definition) is 1. The van der Waals surface area contributed by atoms with Crippen LogP contribution in [0.5, 0.6) is 0 Å². The van der Waals surface area contributed by atoms with Gasteiger partial charge in [0.1, 0.15) is 0 Å². The van der Waals surface area contributed by atoms with Crippen molar-refractivity contribution in [2.45, 2.75) is 22.4 Å². The lowest BCUT2D eigenvalue weighted by Gasteiger charge is -2.36. The quantitative estimate of drug-likeness (QED) is 0.647. The van der Waals surface area contributed by atoms with Crippen molar-refractivity contribution in [1.29, 1.82) is 0 Å². The number of benzene rings is 2. The van der Waals surface area contributed by atoms with Gasteiger partial charge in [0, 0.05) is 49.1 Å². The van der Waals surface area contributed by atoms with Crippen molar-refractivity contribution in [3.63, 3.8) is 0 Å². The first-order chi connectivity index (χ1) is 14.5. The summed E-state index contributed by atoms with van der Waals surface area (Å²) in [5.41, 5.74) is 1.01. The number of anilines is 2. The van der Waals surface area contributed by atoms with E-state index in [1.807, 2.05) is 29.2 Å². The van der Waals surface area contributed by atoms with Gasteiger partial charge in [0.2, 0.25) is 0 Å². The Labute approximate surface area is 184 Å². The van der Waals surface area contributed by atoms with Crippen LogP contribution in [0.1, 0.15) is 12.0 Å². The maximum Gasteiger partial charge on any atom is 0.416 e. The number of para-hydroxylation sites is 1. The van der Waals surface area contributed by atoms with Gasteiger partial charge in [-0.1, -0.05) is 23.9 Å². The molecule has 0 unspecified atom stereocenters. The zero-order valence-electron chi connectivity index (χ0n) is 17.1. The van der Waals surface area contributed by atoms with Gasteiger partial charge < -0.3 is 14.9 Å². The fourth-order valence-electron chi connectivity index (χ4n) is 4.08. The number of nitrogens with zero attached hydrogens (tertiary/aromatic N) is 3. The van der Waals surface area contributed by atoms with Crippen LogP contribution in [0.15, 0.2) is 52.3 Å². The summed E-state index contributed by atoms with van der Waals surface area (Å²) in [7, 11) is 0. The lowest BCUT2D eigenvalue weighted by molar-refractivity contribution is -0.137. The van der Waals surface area contributed by atoms with Gasteiger partial charge in [0.25, 0.3) is 0 Å². The van der Waals surface area contributed by atoms with E-state index in [-0.39, 0.29) is 11.3 Å². The summed E-state index contributed by atoms with van der Waals surface area (Å²) < 4.78 is 39.9. The third-order valence-corrected chi connectivity index (χ3v) is 6.82. The second-order valence-electron chi connectivity index (χ2n) is 7.66. The number of aliphatic hydroxyl groups is 1. The van der Waals surface area contributed by atoms with Crippen molar-refractivity contribution in [2.24, 2.45) is 0 Å². The highest BCUT2D eigenvalue weighted by Gasteiger charge is 2.33. The van der Waals surface area contributed by atoms with E-state index in [4.69, 9.17) is 5.11 Å². The highest BCUT2D eigenvalue weighted by Crippen LogP contribution is 2.49.